The van der Waals surface area contributed by atoms with E-state index in [1.807, 2.05) is 12.1 Å². The van der Waals surface area contributed by atoms with E-state index in [1.165, 1.54) is 0 Å². The molecule has 0 aromatic heterocycles. The van der Waals surface area contributed by atoms with Gasteiger partial charge in [0.25, 0.3) is 0 Å². The molecule has 0 spiro atoms. The van der Waals surface area contributed by atoms with Crippen LogP contribution in [-0.4, -0.2) is 29.3 Å². The zero-order valence-corrected chi connectivity index (χ0v) is 11.5. The van der Waals surface area contributed by atoms with Crippen LogP contribution in [0.3, 0.4) is 0 Å². The van der Waals surface area contributed by atoms with Crippen LogP contribution in [0, 0.1) is 0 Å². The van der Waals surface area contributed by atoms with Crippen molar-refractivity contribution in [3.05, 3.63) is 29.8 Å². The van der Waals surface area contributed by atoms with E-state index in [0.29, 0.717) is 5.69 Å². The van der Waals surface area contributed by atoms with Crippen molar-refractivity contribution in [1.29, 1.82) is 0 Å². The molecule has 0 aliphatic heterocycles. The Balaban J connectivity index is 2.05. The molecule has 5 nitrogen and oxygen atoms in total. The van der Waals surface area contributed by atoms with E-state index in [0.717, 1.165) is 31.2 Å². The van der Waals surface area contributed by atoms with E-state index < -0.39 is 5.91 Å². The van der Waals surface area contributed by atoms with Gasteiger partial charge in [-0.2, -0.15) is 0 Å². The van der Waals surface area contributed by atoms with Crippen molar-refractivity contribution in [3.63, 3.8) is 0 Å². The fourth-order valence-corrected chi connectivity index (χ4v) is 2.72. The molecule has 4 N–H and O–H groups in total. The maximum atomic E-state index is 12.4. The standard InChI is InChI=1S/C15H21N3O2/c16-12-7-5-11(6-8-12)9-15(20)18(10-14(17)19)13-3-1-2-4-13/h5-8,13H,1-4,9-10,16H2,(H2,17,19). The van der Waals surface area contributed by atoms with Crippen LogP contribution >= 0.6 is 0 Å². The van der Waals surface area contributed by atoms with Gasteiger partial charge in [0.1, 0.15) is 0 Å². The number of nitrogens with two attached hydrogens (primary N) is 2. The first-order valence-corrected chi connectivity index (χ1v) is 6.98. The van der Waals surface area contributed by atoms with Crippen molar-refractivity contribution in [2.24, 2.45) is 5.73 Å². The monoisotopic (exact) mass is 275 g/mol. The van der Waals surface area contributed by atoms with Gasteiger partial charge in [-0.1, -0.05) is 25.0 Å². The lowest BCUT2D eigenvalue weighted by molar-refractivity contribution is -0.136. The third-order valence-electron chi connectivity index (χ3n) is 3.75. The molecule has 1 saturated carbocycles. The molecule has 1 aromatic rings. The highest BCUT2D eigenvalue weighted by atomic mass is 16.2. The highest BCUT2D eigenvalue weighted by Crippen LogP contribution is 2.24. The van der Waals surface area contributed by atoms with Crippen LogP contribution in [0.25, 0.3) is 0 Å². The molecule has 0 atom stereocenters. The van der Waals surface area contributed by atoms with Gasteiger partial charge in [-0.15, -0.1) is 0 Å². The number of amides is 2. The summed E-state index contributed by atoms with van der Waals surface area (Å²) in [5.74, 6) is -0.497. The molecule has 20 heavy (non-hydrogen) atoms. The van der Waals surface area contributed by atoms with E-state index in [1.54, 1.807) is 17.0 Å². The average molecular weight is 275 g/mol. The third kappa shape index (κ3) is 3.73. The van der Waals surface area contributed by atoms with Crippen LogP contribution in [0.4, 0.5) is 5.69 Å². The maximum Gasteiger partial charge on any atom is 0.237 e. The Bertz CT molecular complexity index is 478. The number of hydrogen-bond acceptors (Lipinski definition) is 3. The lowest BCUT2D eigenvalue weighted by Gasteiger charge is -2.28. The van der Waals surface area contributed by atoms with Crippen molar-refractivity contribution in [2.45, 2.75) is 38.1 Å². The average Bonchev–Trinajstić information content (AvgIpc) is 2.92. The molecule has 108 valence electrons. The first kappa shape index (κ1) is 14.4. The second kappa shape index (κ2) is 6.41. The van der Waals surface area contributed by atoms with E-state index in [9.17, 15) is 9.59 Å². The summed E-state index contributed by atoms with van der Waals surface area (Å²) in [6.45, 7) is 0.0124. The van der Waals surface area contributed by atoms with E-state index in [4.69, 9.17) is 11.5 Å². The molecule has 1 aromatic carbocycles. The summed E-state index contributed by atoms with van der Waals surface area (Å²) in [5.41, 5.74) is 12.5. The van der Waals surface area contributed by atoms with Gasteiger partial charge in [0.15, 0.2) is 0 Å². The number of nitrogens with zero attached hydrogens (tertiary/aromatic N) is 1. The van der Waals surface area contributed by atoms with E-state index >= 15 is 0 Å². The summed E-state index contributed by atoms with van der Waals surface area (Å²) in [5, 5.41) is 0. The van der Waals surface area contributed by atoms with Crippen molar-refractivity contribution in [2.75, 3.05) is 12.3 Å². The highest BCUT2D eigenvalue weighted by molar-refractivity contribution is 5.85. The Morgan fingerprint density at radius 3 is 2.30 bits per heavy atom. The predicted octanol–water partition coefficient (Wildman–Crippen LogP) is 1.07. The number of carbonyl (C=O) groups excluding carboxylic acids is 2. The minimum Gasteiger partial charge on any atom is -0.399 e. The summed E-state index contributed by atoms with van der Waals surface area (Å²) < 4.78 is 0. The van der Waals surface area contributed by atoms with Crippen LogP contribution in [0.15, 0.2) is 24.3 Å². The topological polar surface area (TPSA) is 89.4 Å². The maximum absolute atomic E-state index is 12.4. The lowest BCUT2D eigenvalue weighted by atomic mass is 10.1. The Hall–Kier alpha value is -2.04. The van der Waals surface area contributed by atoms with E-state index in [2.05, 4.69) is 0 Å². The van der Waals surface area contributed by atoms with Crippen LogP contribution < -0.4 is 11.5 Å². The van der Waals surface area contributed by atoms with Crippen LogP contribution in [0.1, 0.15) is 31.2 Å². The van der Waals surface area contributed by atoms with Gasteiger partial charge >= 0.3 is 0 Å². The molecule has 0 heterocycles. The molecule has 2 rings (SSSR count). The number of anilines is 1. The Kier molecular flexibility index (Phi) is 4.61. The summed E-state index contributed by atoms with van der Waals surface area (Å²) in [4.78, 5) is 25.2. The quantitative estimate of drug-likeness (QED) is 0.788. The smallest absolute Gasteiger partial charge is 0.237 e. The number of nitrogen functional groups attached to an aromatic ring is 1. The van der Waals surface area contributed by atoms with Crippen LogP contribution in [0.2, 0.25) is 0 Å². The molecule has 1 aliphatic carbocycles. The Morgan fingerprint density at radius 1 is 1.15 bits per heavy atom. The van der Waals surface area contributed by atoms with Crippen LogP contribution in [-0.2, 0) is 16.0 Å². The second-order valence-corrected chi connectivity index (χ2v) is 5.34. The molecular formula is C15H21N3O2. The largest absolute Gasteiger partial charge is 0.399 e. The van der Waals surface area contributed by atoms with Crippen molar-refractivity contribution < 1.29 is 9.59 Å². The number of rotatable bonds is 5. The predicted molar refractivity (Wildman–Crippen MR) is 77.7 cm³/mol. The molecule has 5 heteroatoms. The van der Waals surface area contributed by atoms with Gasteiger partial charge in [0, 0.05) is 11.7 Å². The summed E-state index contributed by atoms with van der Waals surface area (Å²) >= 11 is 0. The molecule has 1 aliphatic rings. The van der Waals surface area contributed by atoms with Gasteiger partial charge in [-0.25, -0.2) is 0 Å². The fraction of sp³-hybridized carbons (Fsp3) is 0.467. The molecular weight excluding hydrogens is 254 g/mol. The molecule has 0 unspecified atom stereocenters. The minimum atomic E-state index is -0.456. The molecule has 0 saturated heterocycles. The summed E-state index contributed by atoms with van der Waals surface area (Å²) in [6, 6.07) is 7.38. The Labute approximate surface area is 118 Å². The first-order valence-electron chi connectivity index (χ1n) is 6.98. The minimum absolute atomic E-state index is 0.0124. The zero-order chi connectivity index (χ0) is 14.5. The van der Waals surface area contributed by atoms with Crippen molar-refractivity contribution >= 4 is 17.5 Å². The van der Waals surface area contributed by atoms with Crippen molar-refractivity contribution in [3.8, 4) is 0 Å². The van der Waals surface area contributed by atoms with Gasteiger partial charge in [-0.05, 0) is 30.5 Å². The second-order valence-electron chi connectivity index (χ2n) is 5.34. The molecule has 0 bridgehead atoms. The van der Waals surface area contributed by atoms with Crippen molar-refractivity contribution in [1.82, 2.24) is 4.90 Å². The number of carbonyl (C=O) groups is 2. The summed E-state index contributed by atoms with van der Waals surface area (Å²) in [7, 11) is 0. The molecule has 0 radical (unpaired) electrons. The normalized spacial score (nSPS) is 15.2. The number of primary amides is 1. The SMILES string of the molecule is NC(=O)CN(C(=O)Cc1ccc(N)cc1)C1CCCC1. The van der Waals surface area contributed by atoms with Crippen LogP contribution in [0.5, 0.6) is 0 Å². The number of benzene rings is 1. The third-order valence-corrected chi connectivity index (χ3v) is 3.75. The number of hydrogen-bond donors (Lipinski definition) is 2. The lowest BCUT2D eigenvalue weighted by Crippen LogP contribution is -2.44. The van der Waals surface area contributed by atoms with E-state index in [-0.39, 0.29) is 24.9 Å². The first-order chi connectivity index (χ1) is 9.56. The van der Waals surface area contributed by atoms with Gasteiger partial charge in [0.05, 0.1) is 13.0 Å². The van der Waals surface area contributed by atoms with Gasteiger partial charge in [0.2, 0.25) is 11.8 Å². The highest BCUT2D eigenvalue weighted by Gasteiger charge is 2.27. The Morgan fingerprint density at radius 2 is 1.75 bits per heavy atom. The fourth-order valence-electron chi connectivity index (χ4n) is 2.72. The zero-order valence-electron chi connectivity index (χ0n) is 11.5. The molecule has 2 amide bonds. The van der Waals surface area contributed by atoms with Gasteiger partial charge in [-0.3, -0.25) is 9.59 Å². The summed E-state index contributed by atoms with van der Waals surface area (Å²) in [6.07, 6.45) is 4.41. The molecule has 1 fully saturated rings. The van der Waals surface area contributed by atoms with Gasteiger partial charge < -0.3 is 16.4 Å².